The monoisotopic (exact) mass is 713 g/mol. The van der Waals surface area contributed by atoms with Crippen molar-refractivity contribution in [3.05, 3.63) is 90.5 Å². The number of nitrogens with zero attached hydrogens (tertiary/aromatic N) is 3. The van der Waals surface area contributed by atoms with Crippen LogP contribution in [0.15, 0.2) is 79.9 Å². The Balaban J connectivity index is 1.61. The van der Waals surface area contributed by atoms with Gasteiger partial charge in [-0.1, -0.05) is 96.0 Å². The highest BCUT2D eigenvalue weighted by Gasteiger charge is 2.76. The van der Waals surface area contributed by atoms with E-state index >= 15 is 0 Å². The zero-order chi connectivity index (χ0) is 32.5. The molecule has 2 bridgehead atoms. The third-order valence-corrected chi connectivity index (χ3v) is 12.7. The van der Waals surface area contributed by atoms with Crippen LogP contribution in [0.1, 0.15) is 32.3 Å². The second-order valence-electron chi connectivity index (χ2n) is 12.6. The van der Waals surface area contributed by atoms with Gasteiger partial charge in [-0.3, -0.25) is 14.4 Å². The Hall–Kier alpha value is -2.59. The van der Waals surface area contributed by atoms with Gasteiger partial charge in [-0.15, -0.1) is 24.9 Å². The number of hydrogen-bond acceptors (Lipinski definition) is 5. The van der Waals surface area contributed by atoms with Crippen molar-refractivity contribution in [1.29, 1.82) is 0 Å². The van der Waals surface area contributed by atoms with Gasteiger partial charge < -0.3 is 19.8 Å². The quantitative estimate of drug-likeness (QED) is 0.205. The molecule has 3 unspecified atom stereocenters. The van der Waals surface area contributed by atoms with E-state index in [0.717, 1.165) is 5.56 Å². The number of benzene rings is 2. The lowest BCUT2D eigenvalue weighted by Crippen LogP contribution is -2.58. The summed E-state index contributed by atoms with van der Waals surface area (Å²) in [6.07, 6.45) is 4.41. The number of thioether (sulfide) groups is 1. The smallest absolute Gasteiger partial charge is 0.251 e. The molecule has 0 aliphatic carbocycles. The van der Waals surface area contributed by atoms with E-state index in [4.69, 9.17) is 11.6 Å². The number of alkyl halides is 1. The SMILES string of the molecule is C=CCN(Cc1ccccc1)C(=O)[C@H]1[C@@H]2SC3(CC2Br)C(C(=O)N(CC=C)c2ccccc2Cl)N([C@@H](CO)CC(C)C)C(=O)[C@H]13. The minimum absolute atomic E-state index is 0.0797. The van der Waals surface area contributed by atoms with Crippen molar-refractivity contribution < 1.29 is 19.5 Å². The molecule has 240 valence electrons. The fourth-order valence-corrected chi connectivity index (χ4v) is 11.3. The molecule has 0 aromatic heterocycles. The van der Waals surface area contributed by atoms with Crippen LogP contribution in [0.3, 0.4) is 0 Å². The molecule has 3 aliphatic rings. The Bertz CT molecular complexity index is 1440. The first-order valence-corrected chi connectivity index (χ1v) is 17.6. The van der Waals surface area contributed by atoms with Crippen molar-refractivity contribution in [2.45, 2.75) is 60.1 Å². The number of rotatable bonds is 13. The Morgan fingerprint density at radius 1 is 1.11 bits per heavy atom. The van der Waals surface area contributed by atoms with Crippen LogP contribution in [0.2, 0.25) is 5.02 Å². The highest BCUT2D eigenvalue weighted by molar-refractivity contribution is 9.09. The number of para-hydroxylation sites is 1. The molecule has 1 spiro atoms. The summed E-state index contributed by atoms with van der Waals surface area (Å²) in [5.41, 5.74) is 1.51. The van der Waals surface area contributed by atoms with Crippen LogP contribution in [0.4, 0.5) is 5.69 Å². The second kappa shape index (κ2) is 14.0. The molecular weight excluding hydrogens is 674 g/mol. The maximum Gasteiger partial charge on any atom is 0.251 e. The molecule has 7 atom stereocenters. The minimum Gasteiger partial charge on any atom is -0.394 e. The van der Waals surface area contributed by atoms with Gasteiger partial charge in [0.15, 0.2) is 0 Å². The third kappa shape index (κ3) is 6.13. The number of amides is 3. The maximum absolute atomic E-state index is 14.9. The van der Waals surface area contributed by atoms with Crippen LogP contribution in [0, 0.1) is 17.8 Å². The second-order valence-corrected chi connectivity index (χ2v) is 15.7. The molecule has 2 aromatic carbocycles. The molecule has 7 nitrogen and oxygen atoms in total. The molecule has 3 fully saturated rings. The molecule has 3 amide bonds. The number of carbonyl (C=O) groups excluding carboxylic acids is 3. The van der Waals surface area contributed by atoms with Gasteiger partial charge in [-0.25, -0.2) is 0 Å². The Morgan fingerprint density at radius 3 is 2.40 bits per heavy atom. The predicted octanol–water partition coefficient (Wildman–Crippen LogP) is 5.95. The van der Waals surface area contributed by atoms with E-state index in [1.165, 1.54) is 0 Å². The number of carbonyl (C=O) groups is 3. The first kappa shape index (κ1) is 33.8. The summed E-state index contributed by atoms with van der Waals surface area (Å²) in [6.45, 7) is 12.5. The highest BCUT2D eigenvalue weighted by Crippen LogP contribution is 2.68. The first-order valence-electron chi connectivity index (χ1n) is 15.4. The van der Waals surface area contributed by atoms with Crippen molar-refractivity contribution in [2.24, 2.45) is 17.8 Å². The third-order valence-electron chi connectivity index (χ3n) is 9.19. The van der Waals surface area contributed by atoms with Gasteiger partial charge in [0.25, 0.3) is 5.91 Å². The van der Waals surface area contributed by atoms with Gasteiger partial charge in [0.2, 0.25) is 11.8 Å². The van der Waals surface area contributed by atoms with Gasteiger partial charge in [0, 0.05) is 29.7 Å². The van der Waals surface area contributed by atoms with E-state index < -0.39 is 28.7 Å². The number of aliphatic hydroxyl groups is 1. The fraction of sp³-hybridized carbons (Fsp3) is 0.457. The Morgan fingerprint density at radius 2 is 1.78 bits per heavy atom. The summed E-state index contributed by atoms with van der Waals surface area (Å²) in [5, 5.41) is 10.9. The molecule has 0 saturated carbocycles. The summed E-state index contributed by atoms with van der Waals surface area (Å²) < 4.78 is -0.870. The molecular formula is C35H41BrClN3O4S. The average Bonchev–Trinajstić information content (AvgIpc) is 3.62. The topological polar surface area (TPSA) is 81.2 Å². The number of anilines is 1. The zero-order valence-corrected chi connectivity index (χ0v) is 28.9. The number of fused-ring (bicyclic) bond motifs is 1. The van der Waals surface area contributed by atoms with E-state index in [1.807, 2.05) is 50.2 Å². The Labute approximate surface area is 283 Å². The van der Waals surface area contributed by atoms with Crippen molar-refractivity contribution >= 4 is 62.7 Å². The lowest BCUT2D eigenvalue weighted by Gasteiger charge is -2.40. The molecule has 3 saturated heterocycles. The van der Waals surface area contributed by atoms with Crippen LogP contribution in [-0.4, -0.2) is 79.2 Å². The van der Waals surface area contributed by atoms with Crippen molar-refractivity contribution in [3.63, 3.8) is 0 Å². The minimum atomic E-state index is -0.906. The van der Waals surface area contributed by atoms with Crippen LogP contribution >= 0.6 is 39.3 Å². The summed E-state index contributed by atoms with van der Waals surface area (Å²) in [4.78, 5) is 49.2. The molecule has 10 heteroatoms. The van der Waals surface area contributed by atoms with E-state index in [1.54, 1.807) is 56.8 Å². The molecule has 0 radical (unpaired) electrons. The fourth-order valence-electron chi connectivity index (χ4n) is 7.50. The summed E-state index contributed by atoms with van der Waals surface area (Å²) in [7, 11) is 0. The maximum atomic E-state index is 14.9. The lowest BCUT2D eigenvalue weighted by atomic mass is 9.70. The molecule has 2 aromatic rings. The average molecular weight is 715 g/mol. The molecule has 5 rings (SSSR count). The van der Waals surface area contributed by atoms with Gasteiger partial charge in [-0.2, -0.15) is 0 Å². The molecule has 45 heavy (non-hydrogen) atoms. The predicted molar refractivity (Wildman–Crippen MR) is 185 cm³/mol. The number of likely N-dealkylation sites (tertiary alicyclic amines) is 1. The van der Waals surface area contributed by atoms with E-state index in [-0.39, 0.29) is 46.9 Å². The van der Waals surface area contributed by atoms with Crippen molar-refractivity contribution in [2.75, 3.05) is 24.6 Å². The highest BCUT2D eigenvalue weighted by atomic mass is 79.9. The van der Waals surface area contributed by atoms with Crippen molar-refractivity contribution in [1.82, 2.24) is 9.80 Å². The summed E-state index contributed by atoms with van der Waals surface area (Å²) in [6, 6.07) is 15.4. The van der Waals surface area contributed by atoms with Gasteiger partial charge in [0.1, 0.15) is 6.04 Å². The molecule has 3 aliphatic heterocycles. The van der Waals surface area contributed by atoms with Crippen LogP contribution < -0.4 is 4.90 Å². The zero-order valence-electron chi connectivity index (χ0n) is 25.7. The first-order chi connectivity index (χ1) is 21.6. The largest absolute Gasteiger partial charge is 0.394 e. The summed E-state index contributed by atoms with van der Waals surface area (Å²) >= 11 is 12.1. The normalized spacial score (nSPS) is 27.4. The van der Waals surface area contributed by atoms with E-state index in [0.29, 0.717) is 36.6 Å². The molecule has 3 heterocycles. The van der Waals surface area contributed by atoms with Gasteiger partial charge in [0.05, 0.1) is 39.9 Å². The van der Waals surface area contributed by atoms with Crippen LogP contribution in [0.25, 0.3) is 0 Å². The van der Waals surface area contributed by atoms with Crippen molar-refractivity contribution in [3.8, 4) is 0 Å². The molecule has 1 N–H and O–H groups in total. The number of aliphatic hydroxyl groups excluding tert-OH is 1. The van der Waals surface area contributed by atoms with Gasteiger partial charge in [-0.05, 0) is 36.5 Å². The summed E-state index contributed by atoms with van der Waals surface area (Å²) in [5.74, 6) is -1.84. The van der Waals surface area contributed by atoms with E-state index in [2.05, 4.69) is 29.1 Å². The van der Waals surface area contributed by atoms with Gasteiger partial charge >= 0.3 is 0 Å². The standard InChI is InChI=1S/C35H41BrClN3O4S/c1-5-16-38(20-23-12-8-7-9-13-23)32(42)28-29-33(43)40(24(21-41)18-22(3)4)31(35(29)19-25(36)30(28)45-35)34(44)39(17-6-2)27-15-11-10-14-26(27)37/h5-15,22,24-25,28-31,41H,1-2,16-21H2,3-4H3/t24-,25?,28-,29+,30-,31?,35?/m1/s1. The van der Waals surface area contributed by atoms with Crippen LogP contribution in [-0.2, 0) is 20.9 Å². The Kier molecular flexibility index (Phi) is 10.5. The van der Waals surface area contributed by atoms with Crippen LogP contribution in [0.5, 0.6) is 0 Å². The number of halogens is 2. The number of hydrogen-bond donors (Lipinski definition) is 1. The van der Waals surface area contributed by atoms with E-state index in [9.17, 15) is 19.5 Å². The lowest BCUT2D eigenvalue weighted by molar-refractivity contribution is -0.145.